The number of rotatable bonds is 6. The molecule has 4 N–H and O–H groups in total. The van der Waals surface area contributed by atoms with Crippen LogP contribution in [0.5, 0.6) is 0 Å². The number of hydrogen-bond acceptors (Lipinski definition) is 5. The Bertz CT molecular complexity index is 1050. The number of anilines is 1. The summed E-state index contributed by atoms with van der Waals surface area (Å²) >= 11 is 0. The number of nitrogens with one attached hydrogen (secondary N) is 2. The van der Waals surface area contributed by atoms with Crippen LogP contribution in [0.2, 0.25) is 0 Å². The predicted octanol–water partition coefficient (Wildman–Crippen LogP) is 1.96. The van der Waals surface area contributed by atoms with Crippen LogP contribution in [-0.2, 0) is 6.54 Å². The van der Waals surface area contributed by atoms with E-state index in [1.807, 2.05) is 11.6 Å². The fraction of sp³-hybridized carbons (Fsp3) is 0.300. The van der Waals surface area contributed by atoms with E-state index in [1.54, 1.807) is 24.3 Å². The second-order valence-electron chi connectivity index (χ2n) is 6.72. The zero-order valence-electron chi connectivity index (χ0n) is 16.2. The van der Waals surface area contributed by atoms with Gasteiger partial charge in [-0.25, -0.2) is 4.98 Å². The van der Waals surface area contributed by atoms with Gasteiger partial charge in [0.25, 0.3) is 11.5 Å². The van der Waals surface area contributed by atoms with Crippen molar-refractivity contribution < 1.29 is 4.79 Å². The van der Waals surface area contributed by atoms with Gasteiger partial charge in [-0.3, -0.25) is 19.3 Å². The summed E-state index contributed by atoms with van der Waals surface area (Å²) in [6, 6.07) is 8.26. The summed E-state index contributed by atoms with van der Waals surface area (Å²) in [6.45, 7) is 7.44. The van der Waals surface area contributed by atoms with Crippen LogP contribution in [0.4, 0.5) is 5.95 Å². The van der Waals surface area contributed by atoms with Gasteiger partial charge in [-0.15, -0.1) is 0 Å². The molecular formula is C20H24N6O2. The quantitative estimate of drug-likeness (QED) is 0.565. The number of carbonyl (C=O) groups excluding carboxylic acids is 1. The number of amides is 1. The average molecular weight is 380 g/mol. The molecule has 0 bridgehead atoms. The highest BCUT2D eigenvalue weighted by Crippen LogP contribution is 2.16. The summed E-state index contributed by atoms with van der Waals surface area (Å²) in [4.78, 5) is 30.3. The number of aryl methyl sites for hydroxylation is 2. The van der Waals surface area contributed by atoms with Crippen molar-refractivity contribution in [2.45, 2.75) is 33.7 Å². The summed E-state index contributed by atoms with van der Waals surface area (Å²) in [7, 11) is 0. The number of aromatic amines is 1. The van der Waals surface area contributed by atoms with Gasteiger partial charge in [-0.05, 0) is 44.9 Å². The summed E-state index contributed by atoms with van der Waals surface area (Å²) in [5.41, 5.74) is 10.4. The Kier molecular flexibility index (Phi) is 5.58. The molecule has 2 heterocycles. The van der Waals surface area contributed by atoms with Crippen LogP contribution in [0, 0.1) is 20.8 Å². The first-order valence-corrected chi connectivity index (χ1v) is 9.11. The SMILES string of the molecule is Cc1nn(CCCNC(=O)c2ccc(-c3cc(=O)[nH]c(N)n3)cc2)c(C)c1C. The number of benzene rings is 1. The van der Waals surface area contributed by atoms with Crippen molar-refractivity contribution in [2.24, 2.45) is 0 Å². The predicted molar refractivity (Wildman–Crippen MR) is 108 cm³/mol. The molecule has 0 saturated heterocycles. The van der Waals surface area contributed by atoms with E-state index in [-0.39, 0.29) is 17.4 Å². The van der Waals surface area contributed by atoms with Crippen LogP contribution in [0.3, 0.4) is 0 Å². The number of nitrogen functional groups attached to an aromatic ring is 1. The molecule has 0 radical (unpaired) electrons. The maximum absolute atomic E-state index is 12.3. The third-order valence-electron chi connectivity index (χ3n) is 4.78. The van der Waals surface area contributed by atoms with E-state index in [9.17, 15) is 9.59 Å². The van der Waals surface area contributed by atoms with Crippen LogP contribution < -0.4 is 16.6 Å². The van der Waals surface area contributed by atoms with Gasteiger partial charge in [0.2, 0.25) is 5.95 Å². The Hall–Kier alpha value is -3.42. The second-order valence-corrected chi connectivity index (χ2v) is 6.72. The lowest BCUT2D eigenvalue weighted by molar-refractivity contribution is 0.0952. The molecule has 1 aromatic carbocycles. The normalized spacial score (nSPS) is 10.8. The summed E-state index contributed by atoms with van der Waals surface area (Å²) in [6.07, 6.45) is 0.793. The zero-order chi connectivity index (χ0) is 20.3. The highest BCUT2D eigenvalue weighted by molar-refractivity contribution is 5.94. The Labute approximate surface area is 162 Å². The lowest BCUT2D eigenvalue weighted by Crippen LogP contribution is -2.25. The van der Waals surface area contributed by atoms with E-state index in [4.69, 9.17) is 5.73 Å². The van der Waals surface area contributed by atoms with Gasteiger partial charge in [0.1, 0.15) is 0 Å². The molecule has 0 aliphatic carbocycles. The van der Waals surface area contributed by atoms with E-state index in [1.165, 1.54) is 11.6 Å². The Morgan fingerprint density at radius 2 is 1.93 bits per heavy atom. The highest BCUT2D eigenvalue weighted by atomic mass is 16.1. The second kappa shape index (κ2) is 8.08. The van der Waals surface area contributed by atoms with E-state index in [0.717, 1.165) is 24.4 Å². The molecule has 0 aliphatic rings. The molecule has 0 aliphatic heterocycles. The Morgan fingerprint density at radius 3 is 2.54 bits per heavy atom. The molecule has 1 amide bonds. The lowest BCUT2D eigenvalue weighted by Gasteiger charge is -2.08. The summed E-state index contributed by atoms with van der Waals surface area (Å²) < 4.78 is 1.98. The van der Waals surface area contributed by atoms with Crippen molar-refractivity contribution >= 4 is 11.9 Å². The first-order valence-electron chi connectivity index (χ1n) is 9.11. The molecule has 8 heteroatoms. The topological polar surface area (TPSA) is 119 Å². The third-order valence-corrected chi connectivity index (χ3v) is 4.78. The number of carbonyl (C=O) groups is 1. The monoisotopic (exact) mass is 380 g/mol. The summed E-state index contributed by atoms with van der Waals surface area (Å²) in [5.74, 6) is -0.0865. The molecule has 146 valence electrons. The molecule has 8 nitrogen and oxygen atoms in total. The minimum atomic E-state index is -0.317. The third kappa shape index (κ3) is 4.28. The maximum atomic E-state index is 12.3. The molecule has 2 aromatic heterocycles. The summed E-state index contributed by atoms with van der Waals surface area (Å²) in [5, 5.41) is 7.42. The fourth-order valence-electron chi connectivity index (χ4n) is 2.95. The van der Waals surface area contributed by atoms with Gasteiger partial charge in [-0.1, -0.05) is 12.1 Å². The van der Waals surface area contributed by atoms with Crippen molar-refractivity contribution in [3.63, 3.8) is 0 Å². The van der Waals surface area contributed by atoms with Gasteiger partial charge >= 0.3 is 0 Å². The molecule has 0 spiro atoms. The number of aromatic nitrogens is 4. The van der Waals surface area contributed by atoms with Crippen molar-refractivity contribution in [1.82, 2.24) is 25.1 Å². The maximum Gasteiger partial charge on any atom is 0.252 e. The lowest BCUT2D eigenvalue weighted by atomic mass is 10.1. The number of nitrogens with zero attached hydrogens (tertiary/aromatic N) is 3. The minimum absolute atomic E-state index is 0.0575. The van der Waals surface area contributed by atoms with Gasteiger partial charge in [0.05, 0.1) is 11.4 Å². The van der Waals surface area contributed by atoms with Crippen LogP contribution >= 0.6 is 0 Å². The van der Waals surface area contributed by atoms with Crippen molar-refractivity contribution in [2.75, 3.05) is 12.3 Å². The number of hydrogen-bond donors (Lipinski definition) is 3. The number of nitrogens with two attached hydrogens (primary N) is 1. The minimum Gasteiger partial charge on any atom is -0.369 e. The molecule has 3 aromatic rings. The van der Waals surface area contributed by atoms with Gasteiger partial charge in [0, 0.05) is 36.0 Å². The fourth-order valence-corrected chi connectivity index (χ4v) is 2.95. The van der Waals surface area contributed by atoms with Crippen LogP contribution in [0.1, 0.15) is 33.7 Å². The van der Waals surface area contributed by atoms with Gasteiger partial charge in [0.15, 0.2) is 0 Å². The zero-order valence-corrected chi connectivity index (χ0v) is 16.2. The van der Waals surface area contributed by atoms with Gasteiger partial charge in [-0.2, -0.15) is 5.10 Å². The van der Waals surface area contributed by atoms with Crippen molar-refractivity contribution in [3.8, 4) is 11.3 Å². The molecule has 0 saturated carbocycles. The molecule has 0 fully saturated rings. The first kappa shape index (κ1) is 19.3. The standard InChI is InChI=1S/C20H24N6O2/c1-12-13(2)25-26(14(12)3)10-4-9-22-19(28)16-7-5-15(6-8-16)17-11-18(27)24-20(21)23-17/h5-8,11H,4,9-10H2,1-3H3,(H,22,28)(H3,21,23,24,27). The largest absolute Gasteiger partial charge is 0.369 e. The Balaban J connectivity index is 1.56. The number of H-pyrrole nitrogens is 1. The molecule has 0 unspecified atom stereocenters. The smallest absolute Gasteiger partial charge is 0.252 e. The van der Waals surface area contributed by atoms with Crippen molar-refractivity contribution in [3.05, 3.63) is 63.2 Å². The molecular weight excluding hydrogens is 356 g/mol. The van der Waals surface area contributed by atoms with Crippen LogP contribution in [0.25, 0.3) is 11.3 Å². The van der Waals surface area contributed by atoms with E-state index in [2.05, 4.69) is 34.2 Å². The van der Waals surface area contributed by atoms with Crippen LogP contribution in [0.15, 0.2) is 35.1 Å². The average Bonchev–Trinajstić information content (AvgIpc) is 2.91. The van der Waals surface area contributed by atoms with E-state index < -0.39 is 0 Å². The van der Waals surface area contributed by atoms with Gasteiger partial charge < -0.3 is 11.1 Å². The van der Waals surface area contributed by atoms with Crippen molar-refractivity contribution in [1.29, 1.82) is 0 Å². The molecule has 3 rings (SSSR count). The first-order chi connectivity index (χ1) is 13.3. The van der Waals surface area contributed by atoms with E-state index in [0.29, 0.717) is 23.4 Å². The highest BCUT2D eigenvalue weighted by Gasteiger charge is 2.09. The Morgan fingerprint density at radius 1 is 1.21 bits per heavy atom. The van der Waals surface area contributed by atoms with E-state index >= 15 is 0 Å². The van der Waals surface area contributed by atoms with Crippen LogP contribution in [-0.4, -0.2) is 32.2 Å². The molecule has 28 heavy (non-hydrogen) atoms. The molecule has 0 atom stereocenters.